The molecule has 1 amide bonds. The Morgan fingerprint density at radius 1 is 1.08 bits per heavy atom. The molecule has 0 heterocycles. The number of hydrogen-bond donors (Lipinski definition) is 1. The van der Waals surface area contributed by atoms with Crippen LogP contribution in [0.5, 0.6) is 0 Å². The Morgan fingerprint density at radius 3 is 2.17 bits per heavy atom. The zero-order valence-corrected chi connectivity index (χ0v) is 13.4. The van der Waals surface area contributed by atoms with Crippen LogP contribution in [-0.2, 0) is 5.41 Å². The van der Waals surface area contributed by atoms with Crippen molar-refractivity contribution >= 4 is 17.3 Å². The van der Waals surface area contributed by atoms with Crippen molar-refractivity contribution in [3.8, 4) is 0 Å². The van der Waals surface area contributed by atoms with E-state index >= 15 is 0 Å². The number of nitrogens with one attached hydrogen (secondary N) is 1. The summed E-state index contributed by atoms with van der Waals surface area (Å²) in [6.07, 6.45) is 0. The van der Waals surface area contributed by atoms with E-state index in [1.807, 2.05) is 20.8 Å². The molecule has 0 bridgehead atoms. The van der Waals surface area contributed by atoms with Gasteiger partial charge in [0.2, 0.25) is 5.82 Å². The highest BCUT2D eigenvalue weighted by molar-refractivity contribution is 6.05. The number of nitro benzene ring substituents is 1. The fraction of sp³-hybridized carbons (Fsp3) is 0.235. The topological polar surface area (TPSA) is 72.2 Å². The van der Waals surface area contributed by atoms with Gasteiger partial charge >= 0.3 is 5.69 Å². The molecule has 0 saturated carbocycles. The van der Waals surface area contributed by atoms with E-state index in [4.69, 9.17) is 0 Å². The van der Waals surface area contributed by atoms with Gasteiger partial charge < -0.3 is 5.32 Å². The predicted octanol–water partition coefficient (Wildman–Crippen LogP) is 4.42. The molecule has 24 heavy (non-hydrogen) atoms. The molecule has 0 fully saturated rings. The van der Waals surface area contributed by atoms with Crippen molar-refractivity contribution in [3.05, 3.63) is 69.3 Å². The first-order valence-corrected chi connectivity index (χ1v) is 7.15. The Kier molecular flexibility index (Phi) is 4.64. The Morgan fingerprint density at radius 2 is 1.67 bits per heavy atom. The minimum Gasteiger partial charge on any atom is -0.322 e. The van der Waals surface area contributed by atoms with E-state index in [0.29, 0.717) is 17.8 Å². The van der Waals surface area contributed by atoms with Crippen LogP contribution in [0.4, 0.5) is 20.2 Å². The Labute approximate surface area is 137 Å². The average molecular weight is 334 g/mol. The van der Waals surface area contributed by atoms with Gasteiger partial charge in [-0.3, -0.25) is 14.9 Å². The molecule has 0 aliphatic rings. The zero-order valence-electron chi connectivity index (χ0n) is 13.4. The molecule has 0 radical (unpaired) electrons. The minimum atomic E-state index is -1.50. The third-order valence-corrected chi connectivity index (χ3v) is 3.50. The first-order valence-electron chi connectivity index (χ1n) is 7.15. The Bertz CT molecular complexity index is 797. The van der Waals surface area contributed by atoms with Gasteiger partial charge in [-0.2, -0.15) is 4.39 Å². The van der Waals surface area contributed by atoms with E-state index in [2.05, 4.69) is 5.32 Å². The van der Waals surface area contributed by atoms with E-state index in [-0.39, 0.29) is 5.41 Å². The zero-order chi connectivity index (χ0) is 18.1. The van der Waals surface area contributed by atoms with Crippen LogP contribution in [0, 0.1) is 21.7 Å². The molecule has 5 nitrogen and oxygen atoms in total. The van der Waals surface area contributed by atoms with Crippen LogP contribution in [0.2, 0.25) is 0 Å². The molecule has 0 aliphatic heterocycles. The van der Waals surface area contributed by atoms with E-state index in [1.165, 1.54) is 0 Å². The highest BCUT2D eigenvalue weighted by atomic mass is 19.1. The standard InChI is InChI=1S/C17H16F2N2O3/c1-17(2,3)10-4-6-11(7-5-10)20-16(22)14-12(18)8-9-13(15(14)19)21(23)24/h4-9H,1-3H3,(H,20,22). The largest absolute Gasteiger partial charge is 0.322 e. The number of rotatable bonds is 3. The maximum Gasteiger partial charge on any atom is 0.305 e. The van der Waals surface area contributed by atoms with Gasteiger partial charge in [-0.25, -0.2) is 4.39 Å². The average Bonchev–Trinajstić information content (AvgIpc) is 2.46. The summed E-state index contributed by atoms with van der Waals surface area (Å²) >= 11 is 0. The first-order chi connectivity index (χ1) is 11.1. The van der Waals surface area contributed by atoms with Gasteiger partial charge in [0, 0.05) is 11.8 Å². The van der Waals surface area contributed by atoms with E-state index in [1.54, 1.807) is 24.3 Å². The molecule has 0 aliphatic carbocycles. The summed E-state index contributed by atoms with van der Waals surface area (Å²) in [5, 5.41) is 13.1. The second-order valence-corrected chi connectivity index (χ2v) is 6.29. The highest BCUT2D eigenvalue weighted by Crippen LogP contribution is 2.26. The molecule has 0 unspecified atom stereocenters. The lowest BCUT2D eigenvalue weighted by Gasteiger charge is -2.19. The van der Waals surface area contributed by atoms with Crippen LogP contribution in [0.1, 0.15) is 36.7 Å². The predicted molar refractivity (Wildman–Crippen MR) is 86.1 cm³/mol. The molecule has 7 heteroatoms. The second kappa shape index (κ2) is 6.35. The van der Waals surface area contributed by atoms with Gasteiger partial charge in [0.15, 0.2) is 0 Å². The number of carbonyl (C=O) groups excluding carboxylic acids is 1. The van der Waals surface area contributed by atoms with Crippen molar-refractivity contribution in [2.45, 2.75) is 26.2 Å². The number of nitro groups is 1. The van der Waals surface area contributed by atoms with E-state index in [9.17, 15) is 23.7 Å². The van der Waals surface area contributed by atoms with Crippen molar-refractivity contribution in [2.75, 3.05) is 5.32 Å². The molecular formula is C17H16F2N2O3. The van der Waals surface area contributed by atoms with Gasteiger partial charge in [-0.1, -0.05) is 32.9 Å². The van der Waals surface area contributed by atoms with Crippen LogP contribution in [0.15, 0.2) is 36.4 Å². The Balaban J connectivity index is 2.31. The van der Waals surface area contributed by atoms with Crippen molar-refractivity contribution < 1.29 is 18.5 Å². The fourth-order valence-electron chi connectivity index (χ4n) is 2.14. The van der Waals surface area contributed by atoms with Crippen LogP contribution in [0.25, 0.3) is 0 Å². The molecule has 0 atom stereocenters. The van der Waals surface area contributed by atoms with Gasteiger partial charge in [0.05, 0.1) is 4.92 Å². The number of hydrogen-bond acceptors (Lipinski definition) is 3. The molecule has 2 aromatic rings. The van der Waals surface area contributed by atoms with Gasteiger partial charge in [-0.05, 0) is 29.2 Å². The van der Waals surface area contributed by atoms with Crippen molar-refractivity contribution in [3.63, 3.8) is 0 Å². The molecule has 0 aromatic heterocycles. The number of nitrogens with zero attached hydrogens (tertiary/aromatic N) is 1. The quantitative estimate of drug-likeness (QED) is 0.667. The maximum absolute atomic E-state index is 14.0. The summed E-state index contributed by atoms with van der Waals surface area (Å²) in [7, 11) is 0. The lowest BCUT2D eigenvalue weighted by Crippen LogP contribution is -2.17. The van der Waals surface area contributed by atoms with Gasteiger partial charge in [0.1, 0.15) is 11.4 Å². The molecule has 1 N–H and O–H groups in total. The van der Waals surface area contributed by atoms with Crippen LogP contribution in [-0.4, -0.2) is 10.8 Å². The third-order valence-electron chi connectivity index (χ3n) is 3.50. The number of halogens is 2. The van der Waals surface area contributed by atoms with Crippen molar-refractivity contribution in [2.24, 2.45) is 0 Å². The summed E-state index contributed by atoms with van der Waals surface area (Å²) in [5.41, 5.74) is -0.666. The Hall–Kier alpha value is -2.83. The normalized spacial score (nSPS) is 11.2. The SMILES string of the molecule is CC(C)(C)c1ccc(NC(=O)c2c(F)ccc([N+](=O)[O-])c2F)cc1. The first kappa shape index (κ1) is 17.5. The van der Waals surface area contributed by atoms with E-state index in [0.717, 1.165) is 5.56 Å². The summed E-state index contributed by atoms with van der Waals surface area (Å²) in [6.45, 7) is 6.07. The minimum absolute atomic E-state index is 0.0825. The van der Waals surface area contributed by atoms with Crippen LogP contribution in [0.3, 0.4) is 0 Å². The third kappa shape index (κ3) is 3.56. The molecular weight excluding hydrogens is 318 g/mol. The van der Waals surface area contributed by atoms with Crippen LogP contribution >= 0.6 is 0 Å². The van der Waals surface area contributed by atoms with E-state index < -0.39 is 33.7 Å². The van der Waals surface area contributed by atoms with Crippen LogP contribution < -0.4 is 5.32 Å². The van der Waals surface area contributed by atoms with Crippen molar-refractivity contribution in [1.82, 2.24) is 0 Å². The summed E-state index contributed by atoms with van der Waals surface area (Å²) in [5.74, 6) is -3.75. The molecule has 2 aromatic carbocycles. The summed E-state index contributed by atoms with van der Waals surface area (Å²) in [4.78, 5) is 21.8. The van der Waals surface area contributed by atoms with Gasteiger partial charge in [0.25, 0.3) is 5.91 Å². The summed E-state index contributed by atoms with van der Waals surface area (Å²) in [6, 6.07) is 8.15. The second-order valence-electron chi connectivity index (χ2n) is 6.29. The molecule has 2 rings (SSSR count). The summed E-state index contributed by atoms with van der Waals surface area (Å²) < 4.78 is 27.8. The fourth-order valence-corrected chi connectivity index (χ4v) is 2.14. The molecule has 0 spiro atoms. The monoisotopic (exact) mass is 334 g/mol. The van der Waals surface area contributed by atoms with Gasteiger partial charge in [-0.15, -0.1) is 0 Å². The number of carbonyl (C=O) groups is 1. The highest BCUT2D eigenvalue weighted by Gasteiger charge is 2.26. The molecule has 126 valence electrons. The number of benzene rings is 2. The number of amides is 1. The van der Waals surface area contributed by atoms with Crippen molar-refractivity contribution in [1.29, 1.82) is 0 Å². The molecule has 0 saturated heterocycles. The lowest BCUT2D eigenvalue weighted by atomic mass is 9.87. The smallest absolute Gasteiger partial charge is 0.305 e. The number of anilines is 1. The lowest BCUT2D eigenvalue weighted by molar-refractivity contribution is -0.387. The maximum atomic E-state index is 14.0.